The zero-order valence-corrected chi connectivity index (χ0v) is 29.7. The molecule has 8 atom stereocenters. The zero-order chi connectivity index (χ0) is 34.7. The number of hydrogen-bond acceptors (Lipinski definition) is 6. The van der Waals surface area contributed by atoms with Crippen LogP contribution in [0.15, 0.2) is 48.2 Å². The van der Waals surface area contributed by atoms with E-state index >= 15 is 0 Å². The average molecular weight is 665 g/mol. The van der Waals surface area contributed by atoms with Crippen molar-refractivity contribution < 1.29 is 19.5 Å². The monoisotopic (exact) mass is 664 g/mol. The number of piperazine rings is 1. The molecule has 260 valence electrons. The fourth-order valence-electron chi connectivity index (χ4n) is 10.9. The van der Waals surface area contributed by atoms with Gasteiger partial charge < -0.3 is 19.8 Å². The molecular formula is C41H52N4O4. The van der Waals surface area contributed by atoms with Gasteiger partial charge in [-0.1, -0.05) is 57.0 Å². The maximum absolute atomic E-state index is 13.9. The lowest BCUT2D eigenvalue weighted by atomic mass is 9.45. The van der Waals surface area contributed by atoms with E-state index in [1.807, 2.05) is 49.1 Å². The Morgan fingerprint density at radius 2 is 1.78 bits per heavy atom. The molecule has 1 aliphatic heterocycles. The molecule has 0 spiro atoms. The molecule has 1 aromatic carbocycles. The fourth-order valence-corrected chi connectivity index (χ4v) is 10.9. The summed E-state index contributed by atoms with van der Waals surface area (Å²) in [5.74, 6) is 4.43. The third-order valence-electron chi connectivity index (χ3n) is 13.8. The number of terminal acetylenes is 1. The van der Waals surface area contributed by atoms with E-state index < -0.39 is 11.6 Å². The maximum atomic E-state index is 13.9. The fraction of sp³-hybridized carbons (Fsp3) is 0.610. The van der Waals surface area contributed by atoms with Gasteiger partial charge >= 0.3 is 0 Å². The highest BCUT2D eigenvalue weighted by Crippen LogP contribution is 2.67. The molecule has 8 nitrogen and oxygen atoms in total. The summed E-state index contributed by atoms with van der Waals surface area (Å²) >= 11 is 0. The molecule has 0 bridgehead atoms. The normalized spacial score (nSPS) is 34.7. The Bertz CT molecular complexity index is 1720. The van der Waals surface area contributed by atoms with Gasteiger partial charge in [-0.3, -0.25) is 14.4 Å². The van der Waals surface area contributed by atoms with Gasteiger partial charge in [0.2, 0.25) is 5.91 Å². The summed E-state index contributed by atoms with van der Waals surface area (Å²) < 4.78 is 0. The summed E-state index contributed by atoms with van der Waals surface area (Å²) in [6.07, 6.45) is 15.3. The molecule has 1 N–H and O–H groups in total. The molecule has 3 unspecified atom stereocenters. The van der Waals surface area contributed by atoms with Crippen LogP contribution in [0, 0.1) is 46.8 Å². The second-order valence-corrected chi connectivity index (χ2v) is 16.0. The number of ketones is 1. The number of pyridine rings is 1. The van der Waals surface area contributed by atoms with Crippen molar-refractivity contribution in [3.8, 4) is 12.3 Å². The zero-order valence-electron chi connectivity index (χ0n) is 29.7. The predicted molar refractivity (Wildman–Crippen MR) is 190 cm³/mol. The number of fused-ring (bicyclic) bond motifs is 6. The first-order valence-electron chi connectivity index (χ1n) is 18.6. The Morgan fingerprint density at radius 3 is 2.51 bits per heavy atom. The second-order valence-electron chi connectivity index (χ2n) is 16.0. The number of carbonyl (C=O) groups is 3. The van der Waals surface area contributed by atoms with E-state index in [1.165, 1.54) is 0 Å². The highest BCUT2D eigenvalue weighted by molar-refractivity contribution is 5.98. The molecule has 2 heterocycles. The van der Waals surface area contributed by atoms with Crippen LogP contribution in [0.4, 0.5) is 0 Å². The van der Waals surface area contributed by atoms with E-state index in [1.54, 1.807) is 11.0 Å². The summed E-state index contributed by atoms with van der Waals surface area (Å²) in [4.78, 5) is 51.6. The second kappa shape index (κ2) is 12.6. The van der Waals surface area contributed by atoms with Crippen molar-refractivity contribution in [3.05, 3.63) is 53.9 Å². The van der Waals surface area contributed by atoms with Crippen molar-refractivity contribution in [3.63, 3.8) is 0 Å². The number of amides is 2. The summed E-state index contributed by atoms with van der Waals surface area (Å²) in [6, 6.07) is 10.7. The number of allylic oxidation sites excluding steroid dienone is 2. The molecule has 49 heavy (non-hydrogen) atoms. The summed E-state index contributed by atoms with van der Waals surface area (Å²) in [6.45, 7) is 11.1. The minimum atomic E-state index is -1.02. The van der Waals surface area contributed by atoms with Crippen LogP contribution in [0.3, 0.4) is 0 Å². The number of Topliss-reactive ketones (excluding diaryl/α,β-unsaturated/α-hetero) is 1. The van der Waals surface area contributed by atoms with E-state index in [4.69, 9.17) is 6.42 Å². The quantitative estimate of drug-likeness (QED) is 0.399. The number of aliphatic hydroxyl groups is 1. The number of benzene rings is 1. The van der Waals surface area contributed by atoms with Crippen molar-refractivity contribution in [2.45, 2.75) is 90.7 Å². The van der Waals surface area contributed by atoms with E-state index in [-0.39, 0.29) is 28.4 Å². The largest absolute Gasteiger partial charge is 0.377 e. The van der Waals surface area contributed by atoms with Crippen LogP contribution < -0.4 is 0 Å². The van der Waals surface area contributed by atoms with Crippen molar-refractivity contribution in [2.75, 3.05) is 32.7 Å². The van der Waals surface area contributed by atoms with Crippen LogP contribution in [-0.2, 0) is 9.59 Å². The van der Waals surface area contributed by atoms with Gasteiger partial charge in [0.15, 0.2) is 5.78 Å². The summed E-state index contributed by atoms with van der Waals surface area (Å²) in [7, 11) is 0. The molecule has 8 heteroatoms. The lowest BCUT2D eigenvalue weighted by Gasteiger charge is -2.60. The van der Waals surface area contributed by atoms with Crippen molar-refractivity contribution in [1.82, 2.24) is 19.7 Å². The van der Waals surface area contributed by atoms with Gasteiger partial charge in [0, 0.05) is 49.9 Å². The van der Waals surface area contributed by atoms with Gasteiger partial charge in [0.05, 0.1) is 11.2 Å². The highest BCUT2D eigenvalue weighted by atomic mass is 16.3. The van der Waals surface area contributed by atoms with Crippen molar-refractivity contribution in [1.29, 1.82) is 0 Å². The molecule has 7 rings (SSSR count). The highest BCUT2D eigenvalue weighted by Gasteiger charge is 2.64. The molecule has 3 saturated carbocycles. The molecular weight excluding hydrogens is 612 g/mol. The number of para-hydroxylation sites is 1. The van der Waals surface area contributed by atoms with Gasteiger partial charge in [-0.25, -0.2) is 4.98 Å². The molecule has 2 aromatic rings. The predicted octanol–water partition coefficient (Wildman–Crippen LogP) is 5.70. The Balaban J connectivity index is 1.04. The third-order valence-corrected chi connectivity index (χ3v) is 13.8. The van der Waals surface area contributed by atoms with E-state index in [2.05, 4.69) is 35.7 Å². The minimum absolute atomic E-state index is 0.0675. The molecule has 1 aromatic heterocycles. The van der Waals surface area contributed by atoms with E-state index in [0.29, 0.717) is 74.9 Å². The smallest absolute Gasteiger partial charge is 0.273 e. The number of aromatic nitrogens is 1. The first-order valence-corrected chi connectivity index (χ1v) is 18.6. The number of hydrogen-bond donors (Lipinski definition) is 1. The van der Waals surface area contributed by atoms with Crippen LogP contribution in [0.1, 0.15) is 89.5 Å². The molecule has 5 aliphatic rings. The molecule has 4 fully saturated rings. The van der Waals surface area contributed by atoms with Crippen LogP contribution >= 0.6 is 0 Å². The summed E-state index contributed by atoms with van der Waals surface area (Å²) in [5.41, 5.74) is 0.581. The Morgan fingerprint density at radius 1 is 1.04 bits per heavy atom. The average Bonchev–Trinajstić information content (AvgIpc) is 3.40. The number of rotatable bonds is 6. The first kappa shape index (κ1) is 33.8. The number of nitrogens with zero attached hydrogens (tertiary/aromatic N) is 4. The topological polar surface area (TPSA) is 94.0 Å². The summed E-state index contributed by atoms with van der Waals surface area (Å²) in [5, 5.41) is 12.4. The number of carbonyl (C=O) groups excluding carboxylic acids is 3. The van der Waals surface area contributed by atoms with E-state index in [9.17, 15) is 19.5 Å². The van der Waals surface area contributed by atoms with Crippen molar-refractivity contribution >= 4 is 28.5 Å². The van der Waals surface area contributed by atoms with E-state index in [0.717, 1.165) is 55.1 Å². The minimum Gasteiger partial charge on any atom is -0.377 e. The third kappa shape index (κ3) is 5.39. The van der Waals surface area contributed by atoms with Crippen LogP contribution in [0.5, 0.6) is 0 Å². The van der Waals surface area contributed by atoms with Gasteiger partial charge in [-0.15, -0.1) is 6.42 Å². The lowest BCUT2D eigenvalue weighted by Crippen LogP contribution is -2.57. The SMILES string of the molecule is C#C[C@]1(O)CCC2[C@@H]3CCC4CC(=O)C(N5CCN(C(=O)[C@H](C)N(CCC)C(=O)c6ccc7ccccc7n6)CC5)=C[C@]4(C)C3CC[C@@]21C. The lowest BCUT2D eigenvalue weighted by molar-refractivity contribution is -0.137. The Hall–Kier alpha value is -3.70. The van der Waals surface area contributed by atoms with Gasteiger partial charge in [-0.05, 0) is 93.1 Å². The van der Waals surface area contributed by atoms with Crippen LogP contribution in [0.25, 0.3) is 10.9 Å². The maximum Gasteiger partial charge on any atom is 0.273 e. The van der Waals surface area contributed by atoms with Gasteiger partial charge in [0.25, 0.3) is 5.91 Å². The van der Waals surface area contributed by atoms with Gasteiger partial charge in [0.1, 0.15) is 17.3 Å². The Kier molecular flexibility index (Phi) is 8.66. The molecule has 4 aliphatic carbocycles. The molecule has 0 radical (unpaired) electrons. The standard InChI is InChI=1S/C41H52N4O4/c1-6-20-45(38(48)34-15-12-28-10-8-9-11-33(28)42-34)27(3)37(47)44-23-21-43(22-24-44)35-26-39(4)29(25-36(35)46)13-14-30-31(39)16-18-40(5)32(30)17-19-41(40,49)7-2/h2,8-12,15,26-27,29-32,49H,6,13-14,16-25H2,1,3-5H3/t27-,29?,30+,31?,32?,39-,40-,41-/m0/s1. The Labute approximate surface area is 291 Å². The molecule has 1 saturated heterocycles. The van der Waals surface area contributed by atoms with Crippen LogP contribution in [0.2, 0.25) is 0 Å². The first-order chi connectivity index (χ1) is 23.4. The van der Waals surface area contributed by atoms with Gasteiger partial charge in [-0.2, -0.15) is 0 Å². The van der Waals surface area contributed by atoms with Crippen LogP contribution in [-0.4, -0.2) is 86.8 Å². The molecule has 2 amide bonds. The van der Waals surface area contributed by atoms with Crippen molar-refractivity contribution in [2.24, 2.45) is 34.5 Å².